The van der Waals surface area contributed by atoms with E-state index >= 15 is 0 Å². The lowest BCUT2D eigenvalue weighted by atomic mass is 10.3. The topological polar surface area (TPSA) is 93.5 Å². The van der Waals surface area contributed by atoms with Crippen LogP contribution < -0.4 is 10.6 Å². The fourth-order valence-corrected chi connectivity index (χ4v) is 1.63. The minimum absolute atomic E-state index is 0.0948. The molecule has 2 rings (SSSR count). The molecule has 0 spiro atoms. The van der Waals surface area contributed by atoms with Gasteiger partial charge in [-0.15, -0.1) is 0 Å². The second-order valence-electron chi connectivity index (χ2n) is 4.15. The summed E-state index contributed by atoms with van der Waals surface area (Å²) >= 11 is 0. The maximum absolute atomic E-state index is 11.5. The van der Waals surface area contributed by atoms with Crippen molar-refractivity contribution >= 4 is 29.3 Å². The van der Waals surface area contributed by atoms with Crippen LogP contribution in [-0.4, -0.2) is 23.5 Å². The molecule has 1 aromatic heterocycles. The number of anilines is 3. The van der Waals surface area contributed by atoms with Crippen LogP contribution in [0.25, 0.3) is 0 Å². The van der Waals surface area contributed by atoms with Crippen LogP contribution in [0.4, 0.5) is 17.4 Å². The summed E-state index contributed by atoms with van der Waals surface area (Å²) in [6.45, 7) is 3.41. The summed E-state index contributed by atoms with van der Waals surface area (Å²) in [5, 5.41) is 5.57. The first-order valence-corrected chi connectivity index (χ1v) is 6.36. The number of amides is 1. The summed E-state index contributed by atoms with van der Waals surface area (Å²) < 4.78 is 9.96. The number of esters is 1. The van der Waals surface area contributed by atoms with Crippen molar-refractivity contribution in [3.8, 4) is 0 Å². The largest absolute Gasteiger partial charge is 0.461 e. The molecule has 0 bridgehead atoms. The van der Waals surface area contributed by atoms with E-state index in [0.717, 1.165) is 0 Å². The quantitative estimate of drug-likeness (QED) is 0.822. The second kappa shape index (κ2) is 6.56. The van der Waals surface area contributed by atoms with Gasteiger partial charge in [-0.1, -0.05) is 6.07 Å². The molecule has 2 aromatic rings. The molecule has 1 heterocycles. The summed E-state index contributed by atoms with van der Waals surface area (Å²) in [5.41, 5.74) is 1.40. The first-order valence-electron chi connectivity index (χ1n) is 6.36. The molecule has 1 amide bonds. The van der Waals surface area contributed by atoms with Crippen molar-refractivity contribution in [3.05, 3.63) is 36.2 Å². The van der Waals surface area contributed by atoms with Gasteiger partial charge in [-0.25, -0.2) is 4.79 Å². The zero-order chi connectivity index (χ0) is 15.2. The summed E-state index contributed by atoms with van der Waals surface area (Å²) in [6, 6.07) is 7.18. The van der Waals surface area contributed by atoms with Gasteiger partial charge in [0.2, 0.25) is 5.91 Å². The van der Waals surface area contributed by atoms with Gasteiger partial charge in [0, 0.05) is 18.3 Å². The highest BCUT2D eigenvalue weighted by atomic mass is 16.5. The van der Waals surface area contributed by atoms with Crippen LogP contribution in [0.3, 0.4) is 0 Å². The molecule has 21 heavy (non-hydrogen) atoms. The maximum Gasteiger partial charge on any atom is 0.360 e. The second-order valence-corrected chi connectivity index (χ2v) is 4.15. The lowest BCUT2D eigenvalue weighted by Gasteiger charge is -2.05. The smallest absolute Gasteiger partial charge is 0.360 e. The Labute approximate surface area is 121 Å². The van der Waals surface area contributed by atoms with Gasteiger partial charge in [-0.2, -0.15) is 4.98 Å². The molecule has 7 nitrogen and oxygen atoms in total. The monoisotopic (exact) mass is 289 g/mol. The predicted octanol–water partition coefficient (Wildman–Crippen LogP) is 2.55. The van der Waals surface area contributed by atoms with Gasteiger partial charge in [0.1, 0.15) is 6.26 Å². The first-order chi connectivity index (χ1) is 10.1. The lowest BCUT2D eigenvalue weighted by Crippen LogP contribution is -2.06. The number of oxazole rings is 1. The van der Waals surface area contributed by atoms with E-state index in [0.29, 0.717) is 11.4 Å². The van der Waals surface area contributed by atoms with Gasteiger partial charge in [0.15, 0.2) is 5.69 Å². The molecule has 0 aliphatic carbocycles. The third kappa shape index (κ3) is 4.07. The number of nitrogens with zero attached hydrogens (tertiary/aromatic N) is 1. The summed E-state index contributed by atoms with van der Waals surface area (Å²) in [7, 11) is 0. The van der Waals surface area contributed by atoms with Gasteiger partial charge in [0.25, 0.3) is 6.01 Å². The lowest BCUT2D eigenvalue weighted by molar-refractivity contribution is -0.114. The van der Waals surface area contributed by atoms with E-state index in [9.17, 15) is 9.59 Å². The van der Waals surface area contributed by atoms with Crippen LogP contribution in [0, 0.1) is 0 Å². The molecule has 0 unspecified atom stereocenters. The van der Waals surface area contributed by atoms with Gasteiger partial charge in [-0.05, 0) is 25.1 Å². The Hall–Kier alpha value is -2.83. The molecule has 0 saturated carbocycles. The van der Waals surface area contributed by atoms with Crippen LogP contribution in [0.1, 0.15) is 24.3 Å². The van der Waals surface area contributed by atoms with Crippen LogP contribution >= 0.6 is 0 Å². The minimum Gasteiger partial charge on any atom is -0.461 e. The fraction of sp³-hybridized carbons (Fsp3) is 0.214. The molecule has 0 fully saturated rings. The molecule has 0 aliphatic rings. The van der Waals surface area contributed by atoms with Crippen LogP contribution in [0.2, 0.25) is 0 Å². The van der Waals surface area contributed by atoms with Crippen molar-refractivity contribution < 1.29 is 18.7 Å². The normalized spacial score (nSPS) is 10.0. The number of carbonyl (C=O) groups excluding carboxylic acids is 2. The number of hydrogen-bond acceptors (Lipinski definition) is 6. The van der Waals surface area contributed by atoms with Crippen molar-refractivity contribution in [1.29, 1.82) is 0 Å². The number of nitrogens with one attached hydrogen (secondary N) is 2. The predicted molar refractivity (Wildman–Crippen MR) is 76.5 cm³/mol. The average molecular weight is 289 g/mol. The fourth-order valence-electron chi connectivity index (χ4n) is 1.63. The van der Waals surface area contributed by atoms with Crippen molar-refractivity contribution in [2.45, 2.75) is 13.8 Å². The van der Waals surface area contributed by atoms with Crippen molar-refractivity contribution in [2.24, 2.45) is 0 Å². The Morgan fingerprint density at radius 1 is 1.33 bits per heavy atom. The highest BCUT2D eigenvalue weighted by Crippen LogP contribution is 2.20. The van der Waals surface area contributed by atoms with Crippen LogP contribution in [0.5, 0.6) is 0 Å². The van der Waals surface area contributed by atoms with Gasteiger partial charge >= 0.3 is 5.97 Å². The Morgan fingerprint density at radius 2 is 2.10 bits per heavy atom. The SMILES string of the molecule is CCOC(=O)c1coc(Nc2cccc(NC(C)=O)c2)n1. The first kappa shape index (κ1) is 14.6. The number of rotatable bonds is 5. The summed E-state index contributed by atoms with van der Waals surface area (Å²) in [5.74, 6) is -0.700. The molecular formula is C14H15N3O4. The zero-order valence-corrected chi connectivity index (χ0v) is 11.7. The van der Waals surface area contributed by atoms with Crippen molar-refractivity contribution in [3.63, 3.8) is 0 Å². The van der Waals surface area contributed by atoms with E-state index in [1.54, 1.807) is 31.2 Å². The number of benzene rings is 1. The van der Waals surface area contributed by atoms with Crippen LogP contribution in [0.15, 0.2) is 34.9 Å². The third-order valence-electron chi connectivity index (χ3n) is 2.42. The van der Waals surface area contributed by atoms with E-state index in [-0.39, 0.29) is 24.2 Å². The Balaban J connectivity index is 2.08. The number of hydrogen-bond donors (Lipinski definition) is 2. The number of aromatic nitrogens is 1. The van der Waals surface area contributed by atoms with Crippen molar-refractivity contribution in [2.75, 3.05) is 17.2 Å². The molecule has 0 saturated heterocycles. The summed E-state index contributed by atoms with van der Waals surface area (Å²) in [6.07, 6.45) is 1.22. The number of carbonyl (C=O) groups is 2. The Morgan fingerprint density at radius 3 is 2.81 bits per heavy atom. The van der Waals surface area contributed by atoms with Gasteiger partial charge < -0.3 is 19.8 Å². The molecule has 2 N–H and O–H groups in total. The highest BCUT2D eigenvalue weighted by Gasteiger charge is 2.13. The highest BCUT2D eigenvalue weighted by molar-refractivity contribution is 5.89. The standard InChI is InChI=1S/C14H15N3O4/c1-3-20-13(19)12-8-21-14(17-12)16-11-6-4-5-10(7-11)15-9(2)18/h4-8H,3H2,1-2H3,(H,15,18)(H,16,17). The third-order valence-corrected chi connectivity index (χ3v) is 2.42. The Bertz CT molecular complexity index is 651. The van der Waals surface area contributed by atoms with E-state index in [1.165, 1.54) is 13.2 Å². The minimum atomic E-state index is -0.540. The molecule has 110 valence electrons. The van der Waals surface area contributed by atoms with E-state index < -0.39 is 5.97 Å². The molecule has 1 aromatic carbocycles. The molecular weight excluding hydrogens is 274 g/mol. The van der Waals surface area contributed by atoms with Crippen LogP contribution in [-0.2, 0) is 9.53 Å². The van der Waals surface area contributed by atoms with E-state index in [4.69, 9.17) is 9.15 Å². The molecule has 0 radical (unpaired) electrons. The maximum atomic E-state index is 11.5. The van der Waals surface area contributed by atoms with Gasteiger partial charge in [0.05, 0.1) is 6.61 Å². The van der Waals surface area contributed by atoms with E-state index in [1.807, 2.05) is 0 Å². The van der Waals surface area contributed by atoms with Gasteiger partial charge in [-0.3, -0.25) is 4.79 Å². The summed E-state index contributed by atoms with van der Waals surface area (Å²) in [4.78, 5) is 26.4. The molecule has 0 atom stereocenters. The zero-order valence-electron chi connectivity index (χ0n) is 11.7. The Kier molecular flexibility index (Phi) is 4.55. The number of ether oxygens (including phenoxy) is 1. The average Bonchev–Trinajstić information content (AvgIpc) is 2.87. The molecule has 7 heteroatoms. The van der Waals surface area contributed by atoms with E-state index in [2.05, 4.69) is 15.6 Å². The van der Waals surface area contributed by atoms with Crippen molar-refractivity contribution in [1.82, 2.24) is 4.98 Å². The molecule has 0 aliphatic heterocycles.